The van der Waals surface area contributed by atoms with Crippen molar-refractivity contribution in [3.63, 3.8) is 0 Å². The number of H-pyrrole nitrogens is 1. The quantitative estimate of drug-likeness (QED) is 0.778. The van der Waals surface area contributed by atoms with Crippen LogP contribution in [0.25, 0.3) is 11.0 Å². The van der Waals surface area contributed by atoms with E-state index in [0.717, 1.165) is 43.1 Å². The minimum Gasteiger partial charge on any atom is -0.494 e. The summed E-state index contributed by atoms with van der Waals surface area (Å²) in [7, 11) is 1.56. The Morgan fingerprint density at radius 1 is 1.37 bits per heavy atom. The molecule has 2 unspecified atom stereocenters. The molecule has 7 heteroatoms. The second-order valence-electron chi connectivity index (χ2n) is 10.4. The number of nitrogens with zero attached hydrogens (tertiary/aromatic N) is 3. The standard InChI is InChI=1S/C23H27ClN4O2/c1-21(2,15-9-26-19-17(15)18(24)16(30-4)10-27-19)20(29)28-13-5-22(3)6-14(28)8-23(7-13,11-22)12-25/h9-10,13-14H,5-8,11H2,1-4H3,(H,26,27). The third-order valence-electron chi connectivity index (χ3n) is 7.77. The highest BCUT2D eigenvalue weighted by Crippen LogP contribution is 2.61. The van der Waals surface area contributed by atoms with Gasteiger partial charge in [-0.15, -0.1) is 0 Å². The van der Waals surface area contributed by atoms with Gasteiger partial charge in [-0.2, -0.15) is 5.26 Å². The third-order valence-corrected chi connectivity index (χ3v) is 8.14. The van der Waals surface area contributed by atoms with Crippen LogP contribution in [-0.4, -0.2) is 40.0 Å². The molecule has 4 heterocycles. The summed E-state index contributed by atoms with van der Waals surface area (Å²) >= 11 is 6.61. The van der Waals surface area contributed by atoms with Crippen LogP contribution >= 0.6 is 11.6 Å². The Bertz CT molecular complexity index is 1080. The molecule has 6 rings (SSSR count). The average molecular weight is 427 g/mol. The highest BCUT2D eigenvalue weighted by molar-refractivity contribution is 6.37. The van der Waals surface area contributed by atoms with Gasteiger partial charge in [-0.05, 0) is 56.9 Å². The molecule has 2 aromatic rings. The summed E-state index contributed by atoms with van der Waals surface area (Å²) in [5.74, 6) is 0.597. The lowest BCUT2D eigenvalue weighted by Crippen LogP contribution is -2.67. The molecule has 4 bridgehead atoms. The lowest BCUT2D eigenvalue weighted by molar-refractivity contribution is -0.167. The summed E-state index contributed by atoms with van der Waals surface area (Å²) in [5.41, 5.74) is 0.597. The number of carbonyl (C=O) groups excluding carboxylic acids is 1. The minimum absolute atomic E-state index is 0.104. The number of hydrogen-bond donors (Lipinski definition) is 1. The van der Waals surface area contributed by atoms with Crippen LogP contribution < -0.4 is 4.74 Å². The molecule has 1 N–H and O–H groups in total. The van der Waals surface area contributed by atoms with Crippen LogP contribution in [0.3, 0.4) is 0 Å². The number of methoxy groups -OCH3 is 1. The molecule has 2 atom stereocenters. The largest absolute Gasteiger partial charge is 0.494 e. The van der Waals surface area contributed by atoms with Gasteiger partial charge in [-0.1, -0.05) is 18.5 Å². The molecule has 6 nitrogen and oxygen atoms in total. The fourth-order valence-corrected chi connectivity index (χ4v) is 7.04. The number of fused-ring (bicyclic) bond motifs is 1. The predicted molar refractivity (Wildman–Crippen MR) is 114 cm³/mol. The van der Waals surface area contributed by atoms with Gasteiger partial charge >= 0.3 is 0 Å². The summed E-state index contributed by atoms with van der Waals surface area (Å²) in [6.07, 6.45) is 7.96. The SMILES string of the molecule is COc1cnc2[nH]cc(C(C)(C)C(=O)N3C4CC5(C)CC3CC(C#N)(C4)C5)c2c1Cl. The highest BCUT2D eigenvalue weighted by Gasteiger charge is 2.61. The van der Waals surface area contributed by atoms with Crippen LogP contribution in [0.5, 0.6) is 5.75 Å². The predicted octanol–water partition coefficient (Wildman–Crippen LogP) is 4.58. The monoisotopic (exact) mass is 426 g/mol. The van der Waals surface area contributed by atoms with Crippen LogP contribution in [0.1, 0.15) is 58.4 Å². The third kappa shape index (κ3) is 2.54. The zero-order valence-electron chi connectivity index (χ0n) is 17.9. The Morgan fingerprint density at radius 3 is 2.63 bits per heavy atom. The van der Waals surface area contributed by atoms with Crippen LogP contribution in [-0.2, 0) is 10.2 Å². The maximum Gasteiger partial charge on any atom is 0.233 e. The van der Waals surface area contributed by atoms with Crippen molar-refractivity contribution in [2.75, 3.05) is 7.11 Å². The minimum atomic E-state index is -0.786. The van der Waals surface area contributed by atoms with Crippen molar-refractivity contribution in [3.8, 4) is 11.8 Å². The van der Waals surface area contributed by atoms with Gasteiger partial charge < -0.3 is 14.6 Å². The first-order valence-corrected chi connectivity index (χ1v) is 10.9. The van der Waals surface area contributed by atoms with E-state index in [2.05, 4.69) is 27.9 Å². The van der Waals surface area contributed by atoms with E-state index in [1.54, 1.807) is 13.3 Å². The van der Waals surface area contributed by atoms with Crippen LogP contribution in [0.4, 0.5) is 0 Å². The Kier molecular flexibility index (Phi) is 4.03. The number of aromatic amines is 1. The molecular formula is C23H27ClN4O2. The molecule has 30 heavy (non-hydrogen) atoms. The van der Waals surface area contributed by atoms with E-state index in [1.165, 1.54) is 0 Å². The van der Waals surface area contributed by atoms with E-state index in [1.807, 2.05) is 20.0 Å². The van der Waals surface area contributed by atoms with E-state index in [9.17, 15) is 10.1 Å². The van der Waals surface area contributed by atoms with Crippen LogP contribution in [0, 0.1) is 22.2 Å². The molecular weight excluding hydrogens is 400 g/mol. The molecule has 158 valence electrons. The Balaban J connectivity index is 1.55. The molecule has 2 aliphatic carbocycles. The number of ether oxygens (including phenoxy) is 1. The first-order chi connectivity index (χ1) is 14.1. The highest BCUT2D eigenvalue weighted by atomic mass is 35.5. The molecule has 4 fully saturated rings. The van der Waals surface area contributed by atoms with Crippen molar-refractivity contribution in [2.24, 2.45) is 10.8 Å². The van der Waals surface area contributed by atoms with E-state index in [0.29, 0.717) is 16.4 Å². The number of hydrogen-bond acceptors (Lipinski definition) is 4. The van der Waals surface area contributed by atoms with Gasteiger partial charge in [0, 0.05) is 23.7 Å². The lowest BCUT2D eigenvalue weighted by atomic mass is 9.50. The maximum absolute atomic E-state index is 14.0. The number of pyridine rings is 1. The summed E-state index contributed by atoms with van der Waals surface area (Å²) in [6.45, 7) is 6.21. The normalized spacial score (nSPS) is 32.5. The summed E-state index contributed by atoms with van der Waals surface area (Å²) in [4.78, 5) is 23.7. The number of carbonyl (C=O) groups is 1. The van der Waals surface area contributed by atoms with Gasteiger partial charge in [0.2, 0.25) is 5.91 Å². The molecule has 2 aliphatic heterocycles. The molecule has 4 aliphatic rings. The molecule has 0 radical (unpaired) electrons. The second-order valence-corrected chi connectivity index (χ2v) is 10.8. The Hall–Kier alpha value is -2.26. The Morgan fingerprint density at radius 2 is 2.03 bits per heavy atom. The van der Waals surface area contributed by atoms with E-state index >= 15 is 0 Å². The fraction of sp³-hybridized carbons (Fsp3) is 0.609. The molecule has 2 saturated heterocycles. The topological polar surface area (TPSA) is 82.0 Å². The van der Waals surface area contributed by atoms with Crippen molar-refractivity contribution >= 4 is 28.5 Å². The zero-order valence-corrected chi connectivity index (χ0v) is 18.6. The van der Waals surface area contributed by atoms with E-state index in [-0.39, 0.29) is 28.8 Å². The molecule has 0 aromatic carbocycles. The van der Waals surface area contributed by atoms with Gasteiger partial charge in [-0.25, -0.2) is 4.98 Å². The maximum atomic E-state index is 14.0. The first-order valence-electron chi connectivity index (χ1n) is 10.6. The number of nitriles is 1. The van der Waals surface area contributed by atoms with Gasteiger partial charge in [0.1, 0.15) is 5.65 Å². The summed E-state index contributed by atoms with van der Waals surface area (Å²) < 4.78 is 5.34. The van der Waals surface area contributed by atoms with E-state index in [4.69, 9.17) is 16.3 Å². The van der Waals surface area contributed by atoms with Crippen molar-refractivity contribution in [3.05, 3.63) is 23.0 Å². The fourth-order valence-electron chi connectivity index (χ4n) is 6.72. The first kappa shape index (κ1) is 19.7. The van der Waals surface area contributed by atoms with Gasteiger partial charge in [0.05, 0.1) is 35.2 Å². The molecule has 2 saturated carbocycles. The van der Waals surface area contributed by atoms with E-state index < -0.39 is 5.41 Å². The van der Waals surface area contributed by atoms with Gasteiger partial charge in [0.25, 0.3) is 0 Å². The average Bonchev–Trinajstić information content (AvgIpc) is 3.12. The number of rotatable bonds is 3. The second kappa shape index (κ2) is 6.13. The van der Waals surface area contributed by atoms with Crippen molar-refractivity contribution in [1.29, 1.82) is 5.26 Å². The van der Waals surface area contributed by atoms with Gasteiger partial charge in [-0.3, -0.25) is 4.79 Å². The number of piperidine rings is 2. The number of nitrogens with one attached hydrogen (secondary N) is 1. The summed E-state index contributed by atoms with van der Waals surface area (Å²) in [6, 6.07) is 2.89. The number of amides is 1. The number of aromatic nitrogens is 2. The van der Waals surface area contributed by atoms with Crippen molar-refractivity contribution in [2.45, 2.75) is 70.4 Å². The van der Waals surface area contributed by atoms with Crippen LogP contribution in [0.15, 0.2) is 12.4 Å². The van der Waals surface area contributed by atoms with Crippen LogP contribution in [0.2, 0.25) is 5.02 Å². The number of halogens is 1. The van der Waals surface area contributed by atoms with Gasteiger partial charge in [0.15, 0.2) is 5.75 Å². The molecule has 1 amide bonds. The van der Waals surface area contributed by atoms with Crippen molar-refractivity contribution < 1.29 is 9.53 Å². The Labute approximate surface area is 181 Å². The molecule has 2 aromatic heterocycles. The zero-order chi connectivity index (χ0) is 21.5. The lowest BCUT2D eigenvalue weighted by Gasteiger charge is -2.64. The summed E-state index contributed by atoms with van der Waals surface area (Å²) in [5, 5.41) is 11.1. The molecule has 0 spiro atoms. The van der Waals surface area contributed by atoms with Crippen molar-refractivity contribution in [1.82, 2.24) is 14.9 Å². The smallest absolute Gasteiger partial charge is 0.233 e.